The number of hydrogen-bond acceptors (Lipinski definition) is 6. The zero-order chi connectivity index (χ0) is 27.2. The number of aryl methyl sites for hydroxylation is 3. The van der Waals surface area contributed by atoms with Crippen LogP contribution in [0.3, 0.4) is 0 Å². The number of hydrogen-bond donors (Lipinski definition) is 1. The van der Waals surface area contributed by atoms with E-state index in [1.165, 1.54) is 0 Å². The van der Waals surface area contributed by atoms with E-state index >= 15 is 0 Å². The lowest BCUT2D eigenvalue weighted by Gasteiger charge is -2.19. The third-order valence-electron chi connectivity index (χ3n) is 5.34. The second-order valence-corrected chi connectivity index (χ2v) is 12.2. The van der Waals surface area contributed by atoms with Crippen LogP contribution in [-0.4, -0.2) is 41.4 Å². The number of sulfonamides is 1. The van der Waals surface area contributed by atoms with Crippen molar-refractivity contribution < 1.29 is 22.7 Å². The predicted octanol–water partition coefficient (Wildman–Crippen LogP) is 4.98. The second kappa shape index (κ2) is 11.9. The number of amides is 1. The average molecular weight is 546 g/mol. The van der Waals surface area contributed by atoms with Crippen molar-refractivity contribution in [3.63, 3.8) is 0 Å². The van der Waals surface area contributed by atoms with Crippen molar-refractivity contribution in [2.24, 2.45) is 0 Å². The molecule has 0 fully saturated rings. The summed E-state index contributed by atoms with van der Waals surface area (Å²) in [6.07, 6.45) is 0.420. The van der Waals surface area contributed by atoms with E-state index in [1.54, 1.807) is 39.0 Å². The lowest BCUT2D eigenvalue weighted by Crippen LogP contribution is -2.37. The predicted molar refractivity (Wildman–Crippen MR) is 144 cm³/mol. The summed E-state index contributed by atoms with van der Waals surface area (Å²) in [6.45, 7) is 6.88. The first kappa shape index (κ1) is 28.4. The largest absolute Gasteiger partial charge is 0.443 e. The van der Waals surface area contributed by atoms with Crippen molar-refractivity contribution in [1.29, 1.82) is 0 Å². The average Bonchev–Trinajstić information content (AvgIpc) is 3.16. The van der Waals surface area contributed by atoms with Gasteiger partial charge in [-0.25, -0.2) is 22.6 Å². The molecule has 0 radical (unpaired) electrons. The molecule has 0 atom stereocenters. The summed E-state index contributed by atoms with van der Waals surface area (Å²) in [5.41, 5.74) is 3.49. The molecule has 0 bridgehead atoms. The number of aromatic nitrogens is 2. The molecule has 0 aliphatic rings. The Balaban J connectivity index is 1.51. The van der Waals surface area contributed by atoms with Gasteiger partial charge in [-0.05, 0) is 75.9 Å². The lowest BCUT2D eigenvalue weighted by molar-refractivity contribution is -0.118. The van der Waals surface area contributed by atoms with Gasteiger partial charge in [0, 0.05) is 23.6 Å². The van der Waals surface area contributed by atoms with E-state index in [0.29, 0.717) is 17.9 Å². The Morgan fingerprint density at radius 1 is 1.03 bits per heavy atom. The standard InChI is InChI=1S/C27H32ClN3O5S/c1-19-16-24(31(29-19)23-7-5-6-22(28)18-23)12-13-25(32)17-21-10-8-20(9-11-21)14-15-37(34,35)30-26(33)36-27(2,3)4/h5-11,16,18H,12-15,17H2,1-4H3,(H,30,33). The van der Waals surface area contributed by atoms with Crippen LogP contribution in [0.15, 0.2) is 54.6 Å². The number of carbonyl (C=O) groups is 2. The summed E-state index contributed by atoms with van der Waals surface area (Å²) in [5.74, 6) is -0.169. The molecule has 1 aromatic heterocycles. The molecule has 0 aliphatic carbocycles. The molecule has 0 saturated carbocycles. The normalized spacial score (nSPS) is 11.8. The van der Waals surface area contributed by atoms with E-state index in [9.17, 15) is 18.0 Å². The molecule has 2 aromatic carbocycles. The van der Waals surface area contributed by atoms with Crippen LogP contribution in [0, 0.1) is 6.92 Å². The summed E-state index contributed by atoms with van der Waals surface area (Å²) in [7, 11) is -3.83. The topological polar surface area (TPSA) is 107 Å². The number of ether oxygens (including phenoxy) is 1. The highest BCUT2D eigenvalue weighted by Gasteiger charge is 2.21. The van der Waals surface area contributed by atoms with Gasteiger partial charge in [0.25, 0.3) is 0 Å². The fourth-order valence-electron chi connectivity index (χ4n) is 3.70. The molecule has 0 unspecified atom stereocenters. The summed E-state index contributed by atoms with van der Waals surface area (Å²) in [6, 6.07) is 16.6. The third kappa shape index (κ3) is 9.33. The maximum Gasteiger partial charge on any atom is 0.421 e. The molecule has 8 nitrogen and oxygen atoms in total. The van der Waals surface area contributed by atoms with Gasteiger partial charge >= 0.3 is 6.09 Å². The molecular weight excluding hydrogens is 514 g/mol. The minimum absolute atomic E-state index is 0.0911. The van der Waals surface area contributed by atoms with E-state index in [0.717, 1.165) is 28.2 Å². The van der Waals surface area contributed by atoms with Crippen molar-refractivity contribution in [2.45, 2.75) is 59.0 Å². The van der Waals surface area contributed by atoms with Crippen LogP contribution < -0.4 is 4.72 Å². The van der Waals surface area contributed by atoms with E-state index in [4.69, 9.17) is 16.3 Å². The van der Waals surface area contributed by atoms with Gasteiger partial charge in [0.05, 0.1) is 17.1 Å². The molecule has 0 aliphatic heterocycles. The Morgan fingerprint density at radius 3 is 2.35 bits per heavy atom. The zero-order valence-corrected chi connectivity index (χ0v) is 23.0. The smallest absolute Gasteiger partial charge is 0.421 e. The first-order chi connectivity index (χ1) is 17.3. The van der Waals surface area contributed by atoms with Gasteiger partial charge in [-0.1, -0.05) is 41.9 Å². The summed E-state index contributed by atoms with van der Waals surface area (Å²) < 4.78 is 33.1. The number of ketones is 1. The Labute approximate surface area is 223 Å². The SMILES string of the molecule is Cc1cc(CCC(=O)Cc2ccc(CCS(=O)(=O)NC(=O)OC(C)(C)C)cc2)n(-c2cccc(Cl)c2)n1. The molecule has 1 N–H and O–H groups in total. The molecule has 0 spiro atoms. The number of nitrogens with zero attached hydrogens (tertiary/aromatic N) is 2. The van der Waals surface area contributed by atoms with Gasteiger partial charge in [0.15, 0.2) is 0 Å². The van der Waals surface area contributed by atoms with E-state index in [-0.39, 0.29) is 24.4 Å². The number of nitrogens with one attached hydrogen (secondary N) is 1. The number of halogens is 1. The Bertz CT molecular complexity index is 1360. The Hall–Kier alpha value is -3.17. The minimum atomic E-state index is -3.83. The Kier molecular flexibility index (Phi) is 9.15. The summed E-state index contributed by atoms with van der Waals surface area (Å²) >= 11 is 6.12. The van der Waals surface area contributed by atoms with Crippen molar-refractivity contribution in [3.8, 4) is 5.69 Å². The van der Waals surface area contributed by atoms with Gasteiger partial charge in [-0.15, -0.1) is 0 Å². The van der Waals surface area contributed by atoms with Gasteiger partial charge in [-0.3, -0.25) is 4.79 Å². The van der Waals surface area contributed by atoms with Crippen molar-refractivity contribution >= 4 is 33.5 Å². The number of rotatable bonds is 10. The first-order valence-electron chi connectivity index (χ1n) is 11.9. The fourth-order valence-corrected chi connectivity index (χ4v) is 4.79. The van der Waals surface area contributed by atoms with Crippen LogP contribution in [0.2, 0.25) is 5.02 Å². The van der Waals surface area contributed by atoms with Gasteiger partial charge in [0.2, 0.25) is 10.0 Å². The number of Topliss-reactive ketones (excluding diaryl/α,β-unsaturated/α-hetero) is 1. The van der Waals surface area contributed by atoms with Gasteiger partial charge in [-0.2, -0.15) is 5.10 Å². The maximum atomic E-state index is 12.7. The molecule has 0 saturated heterocycles. The molecular formula is C27H32ClN3O5S. The molecule has 1 amide bonds. The van der Waals surface area contributed by atoms with Crippen LogP contribution >= 0.6 is 11.6 Å². The maximum absolute atomic E-state index is 12.7. The van der Waals surface area contributed by atoms with Crippen LogP contribution in [-0.2, 0) is 38.8 Å². The van der Waals surface area contributed by atoms with E-state index in [1.807, 2.05) is 52.7 Å². The summed E-state index contributed by atoms with van der Waals surface area (Å²) in [4.78, 5) is 24.4. The van der Waals surface area contributed by atoms with Gasteiger partial charge in [0.1, 0.15) is 11.4 Å². The highest BCUT2D eigenvalue weighted by Crippen LogP contribution is 2.19. The minimum Gasteiger partial charge on any atom is -0.443 e. The molecule has 37 heavy (non-hydrogen) atoms. The molecule has 1 heterocycles. The van der Waals surface area contributed by atoms with Crippen molar-refractivity contribution in [2.75, 3.05) is 5.75 Å². The van der Waals surface area contributed by atoms with E-state index in [2.05, 4.69) is 5.10 Å². The zero-order valence-electron chi connectivity index (χ0n) is 21.5. The van der Waals surface area contributed by atoms with Gasteiger partial charge < -0.3 is 4.74 Å². The molecule has 3 aromatic rings. The number of carbonyl (C=O) groups excluding carboxylic acids is 2. The highest BCUT2D eigenvalue weighted by molar-refractivity contribution is 7.90. The van der Waals surface area contributed by atoms with Crippen LogP contribution in [0.4, 0.5) is 4.79 Å². The molecule has 198 valence electrons. The monoisotopic (exact) mass is 545 g/mol. The lowest BCUT2D eigenvalue weighted by atomic mass is 10.0. The number of benzene rings is 2. The highest BCUT2D eigenvalue weighted by atomic mass is 35.5. The van der Waals surface area contributed by atoms with Crippen LogP contribution in [0.1, 0.15) is 49.7 Å². The molecule has 3 rings (SSSR count). The quantitative estimate of drug-likeness (QED) is 0.385. The second-order valence-electron chi connectivity index (χ2n) is 9.87. The fraction of sp³-hybridized carbons (Fsp3) is 0.370. The van der Waals surface area contributed by atoms with Crippen LogP contribution in [0.25, 0.3) is 5.69 Å². The Morgan fingerprint density at radius 2 is 1.70 bits per heavy atom. The van der Waals surface area contributed by atoms with Crippen molar-refractivity contribution in [1.82, 2.24) is 14.5 Å². The van der Waals surface area contributed by atoms with E-state index < -0.39 is 21.7 Å². The molecule has 10 heteroatoms. The third-order valence-corrected chi connectivity index (χ3v) is 6.79. The van der Waals surface area contributed by atoms with Crippen molar-refractivity contribution in [3.05, 3.63) is 82.1 Å². The first-order valence-corrected chi connectivity index (χ1v) is 14.0. The summed E-state index contributed by atoms with van der Waals surface area (Å²) in [5, 5.41) is 5.15. The van der Waals surface area contributed by atoms with Crippen LogP contribution in [0.5, 0.6) is 0 Å².